The molecule has 2 aliphatic heterocycles. The first-order chi connectivity index (χ1) is 11.6. The van der Waals surface area contributed by atoms with Gasteiger partial charge in [0.1, 0.15) is 6.04 Å². The second-order valence-corrected chi connectivity index (χ2v) is 7.03. The van der Waals surface area contributed by atoms with E-state index in [1.54, 1.807) is 0 Å². The molecule has 5 heteroatoms. The smallest absolute Gasteiger partial charge is 0.244 e. The number of β-amino-alcohol motifs (C(OH)–C–C–N with tert-alkyl or cyclic N) is 1. The minimum atomic E-state index is -0.298. The number of hydrogen-bond donors (Lipinski definition) is 1. The van der Waals surface area contributed by atoms with Crippen LogP contribution < -0.4 is 0 Å². The molecule has 0 unspecified atom stereocenters. The Bertz CT molecular complexity index is 521. The lowest BCUT2D eigenvalue weighted by atomic mass is 10.0. The van der Waals surface area contributed by atoms with Gasteiger partial charge in [-0.05, 0) is 25.3 Å². The molecule has 1 aromatic carbocycles. The van der Waals surface area contributed by atoms with Crippen molar-refractivity contribution in [2.75, 3.05) is 45.8 Å². The van der Waals surface area contributed by atoms with Crippen molar-refractivity contribution in [3.63, 3.8) is 0 Å². The highest BCUT2D eigenvalue weighted by Gasteiger charge is 2.34. The zero-order valence-corrected chi connectivity index (χ0v) is 14.6. The van der Waals surface area contributed by atoms with Gasteiger partial charge in [0.2, 0.25) is 5.91 Å². The van der Waals surface area contributed by atoms with Gasteiger partial charge in [0.15, 0.2) is 0 Å². The van der Waals surface area contributed by atoms with Gasteiger partial charge in [-0.25, -0.2) is 0 Å². The van der Waals surface area contributed by atoms with E-state index in [1.807, 2.05) is 30.0 Å². The average Bonchev–Trinajstić information content (AvgIpc) is 3.12. The molecule has 1 amide bonds. The second kappa shape index (κ2) is 8.10. The molecule has 2 aliphatic rings. The molecule has 24 heavy (non-hydrogen) atoms. The van der Waals surface area contributed by atoms with Gasteiger partial charge < -0.3 is 10.0 Å². The molecular formula is C19H29N3O2. The van der Waals surface area contributed by atoms with E-state index in [0.29, 0.717) is 6.54 Å². The third-order valence-corrected chi connectivity index (χ3v) is 5.06. The molecule has 2 saturated heterocycles. The average molecular weight is 331 g/mol. The number of amides is 1. The Balaban J connectivity index is 1.72. The topological polar surface area (TPSA) is 47.0 Å². The molecule has 0 bridgehead atoms. The van der Waals surface area contributed by atoms with E-state index in [2.05, 4.69) is 21.9 Å². The van der Waals surface area contributed by atoms with Crippen molar-refractivity contribution in [2.45, 2.75) is 31.9 Å². The molecule has 0 aliphatic carbocycles. The summed E-state index contributed by atoms with van der Waals surface area (Å²) in [7, 11) is 0. The maximum absolute atomic E-state index is 13.1. The maximum atomic E-state index is 13.1. The SMILES string of the molecule is C[C@@H](O)CN1CCN([C@H](C(=O)N2CCCC2)c2ccccc2)CC1. The predicted octanol–water partition coefficient (Wildman–Crippen LogP) is 1.35. The first-order valence-corrected chi connectivity index (χ1v) is 9.13. The van der Waals surface area contributed by atoms with Gasteiger partial charge in [-0.3, -0.25) is 14.6 Å². The molecule has 0 radical (unpaired) electrons. The van der Waals surface area contributed by atoms with Crippen LogP contribution in [0.2, 0.25) is 0 Å². The van der Waals surface area contributed by atoms with Crippen molar-refractivity contribution < 1.29 is 9.90 Å². The summed E-state index contributed by atoms with van der Waals surface area (Å²) < 4.78 is 0. The van der Waals surface area contributed by atoms with Crippen molar-refractivity contribution >= 4 is 5.91 Å². The standard InChI is InChI=1S/C19H29N3O2/c1-16(23)15-20-11-13-21(14-12-20)18(17-7-3-2-4-8-17)19(24)22-9-5-6-10-22/h2-4,7-8,16,18,23H,5-6,9-15H2,1H3/t16-,18+/m1/s1. The number of nitrogens with zero attached hydrogens (tertiary/aromatic N) is 3. The summed E-state index contributed by atoms with van der Waals surface area (Å²) in [5.74, 6) is 0.252. The number of aliphatic hydroxyl groups excluding tert-OH is 1. The van der Waals surface area contributed by atoms with Crippen LogP contribution in [-0.2, 0) is 4.79 Å². The zero-order chi connectivity index (χ0) is 16.9. The Morgan fingerprint density at radius 2 is 1.67 bits per heavy atom. The Morgan fingerprint density at radius 1 is 1.04 bits per heavy atom. The van der Waals surface area contributed by atoms with Crippen molar-refractivity contribution in [1.82, 2.24) is 14.7 Å². The van der Waals surface area contributed by atoms with Gasteiger partial charge in [-0.1, -0.05) is 30.3 Å². The van der Waals surface area contributed by atoms with Crippen LogP contribution in [0.25, 0.3) is 0 Å². The molecular weight excluding hydrogens is 302 g/mol. The number of likely N-dealkylation sites (tertiary alicyclic amines) is 1. The van der Waals surface area contributed by atoms with Gasteiger partial charge in [0, 0.05) is 45.8 Å². The Hall–Kier alpha value is -1.43. The quantitative estimate of drug-likeness (QED) is 0.885. The number of aliphatic hydroxyl groups is 1. The first-order valence-electron chi connectivity index (χ1n) is 9.13. The molecule has 132 valence electrons. The van der Waals surface area contributed by atoms with Crippen LogP contribution in [0, 0.1) is 0 Å². The summed E-state index contributed by atoms with van der Waals surface area (Å²) in [4.78, 5) is 19.8. The molecule has 2 atom stereocenters. The van der Waals surface area contributed by atoms with Gasteiger partial charge in [0.05, 0.1) is 6.10 Å². The fraction of sp³-hybridized carbons (Fsp3) is 0.632. The number of piperazine rings is 1. The molecule has 5 nitrogen and oxygen atoms in total. The number of carbonyl (C=O) groups is 1. The summed E-state index contributed by atoms with van der Waals surface area (Å²) in [6.45, 7) is 7.87. The molecule has 1 aromatic rings. The van der Waals surface area contributed by atoms with Crippen molar-refractivity contribution in [1.29, 1.82) is 0 Å². The van der Waals surface area contributed by atoms with Gasteiger partial charge in [0.25, 0.3) is 0 Å². The normalized spacial score (nSPS) is 22.5. The van der Waals surface area contributed by atoms with Crippen LogP contribution in [0.15, 0.2) is 30.3 Å². The van der Waals surface area contributed by atoms with E-state index in [-0.39, 0.29) is 18.1 Å². The summed E-state index contributed by atoms with van der Waals surface area (Å²) >= 11 is 0. The maximum Gasteiger partial charge on any atom is 0.244 e. The lowest BCUT2D eigenvalue weighted by molar-refractivity contribution is -0.137. The molecule has 2 fully saturated rings. The molecule has 0 aromatic heterocycles. The van der Waals surface area contributed by atoms with Crippen LogP contribution in [0.3, 0.4) is 0 Å². The number of carbonyl (C=O) groups excluding carboxylic acids is 1. The predicted molar refractivity (Wildman–Crippen MR) is 94.7 cm³/mol. The van der Waals surface area contributed by atoms with Crippen molar-refractivity contribution in [3.05, 3.63) is 35.9 Å². The van der Waals surface area contributed by atoms with E-state index in [4.69, 9.17) is 0 Å². The van der Waals surface area contributed by atoms with Gasteiger partial charge >= 0.3 is 0 Å². The monoisotopic (exact) mass is 331 g/mol. The summed E-state index contributed by atoms with van der Waals surface area (Å²) in [6.07, 6.45) is 1.94. The molecule has 3 rings (SSSR count). The zero-order valence-electron chi connectivity index (χ0n) is 14.6. The Kier molecular flexibility index (Phi) is 5.87. The Morgan fingerprint density at radius 3 is 2.25 bits per heavy atom. The number of rotatable bonds is 5. The van der Waals surface area contributed by atoms with Crippen LogP contribution >= 0.6 is 0 Å². The lowest BCUT2D eigenvalue weighted by Gasteiger charge is -2.40. The van der Waals surface area contributed by atoms with E-state index >= 15 is 0 Å². The fourth-order valence-corrected chi connectivity index (χ4v) is 3.83. The number of hydrogen-bond acceptors (Lipinski definition) is 4. The summed E-state index contributed by atoms with van der Waals surface area (Å²) in [6, 6.07) is 10.0. The third-order valence-electron chi connectivity index (χ3n) is 5.06. The van der Waals surface area contributed by atoms with E-state index in [0.717, 1.165) is 57.7 Å². The first kappa shape index (κ1) is 17.4. The van der Waals surface area contributed by atoms with E-state index in [1.165, 1.54) is 0 Å². The van der Waals surface area contributed by atoms with E-state index in [9.17, 15) is 9.90 Å². The highest BCUT2D eigenvalue weighted by atomic mass is 16.3. The highest BCUT2D eigenvalue weighted by Crippen LogP contribution is 2.26. The van der Waals surface area contributed by atoms with Crippen molar-refractivity contribution in [2.24, 2.45) is 0 Å². The molecule has 1 N–H and O–H groups in total. The fourth-order valence-electron chi connectivity index (χ4n) is 3.83. The Labute approximate surface area is 144 Å². The molecule has 0 saturated carbocycles. The minimum Gasteiger partial charge on any atom is -0.392 e. The van der Waals surface area contributed by atoms with Gasteiger partial charge in [-0.2, -0.15) is 0 Å². The highest BCUT2D eigenvalue weighted by molar-refractivity contribution is 5.83. The molecule has 0 spiro atoms. The lowest BCUT2D eigenvalue weighted by Crippen LogP contribution is -2.52. The molecule has 2 heterocycles. The van der Waals surface area contributed by atoms with Gasteiger partial charge in [-0.15, -0.1) is 0 Å². The summed E-state index contributed by atoms with van der Waals surface area (Å²) in [5, 5.41) is 9.57. The minimum absolute atomic E-state index is 0.169. The van der Waals surface area contributed by atoms with E-state index < -0.39 is 0 Å². The van der Waals surface area contributed by atoms with Crippen LogP contribution in [0.1, 0.15) is 31.4 Å². The summed E-state index contributed by atoms with van der Waals surface area (Å²) in [5.41, 5.74) is 1.10. The van der Waals surface area contributed by atoms with Crippen LogP contribution in [0.5, 0.6) is 0 Å². The van der Waals surface area contributed by atoms with Crippen LogP contribution in [-0.4, -0.2) is 77.6 Å². The second-order valence-electron chi connectivity index (χ2n) is 7.03. The number of benzene rings is 1. The largest absolute Gasteiger partial charge is 0.392 e. The van der Waals surface area contributed by atoms with Crippen LogP contribution in [0.4, 0.5) is 0 Å². The van der Waals surface area contributed by atoms with Crippen molar-refractivity contribution in [3.8, 4) is 0 Å². The third kappa shape index (κ3) is 4.15.